The molecule has 1 aromatic carbocycles. The van der Waals surface area contributed by atoms with Gasteiger partial charge in [0.1, 0.15) is 12.7 Å². The van der Waals surface area contributed by atoms with Crippen molar-refractivity contribution in [3.8, 4) is 0 Å². The summed E-state index contributed by atoms with van der Waals surface area (Å²) in [5.74, 6) is -1.87. The summed E-state index contributed by atoms with van der Waals surface area (Å²) in [5.41, 5.74) is 0.398. The van der Waals surface area contributed by atoms with Crippen molar-refractivity contribution in [2.75, 3.05) is 18.4 Å². The van der Waals surface area contributed by atoms with Crippen LogP contribution >= 0.6 is 15.9 Å². The summed E-state index contributed by atoms with van der Waals surface area (Å²) in [6.45, 7) is 3.87. The Morgan fingerprint density at radius 3 is 2.32 bits per heavy atom. The lowest BCUT2D eigenvalue weighted by Gasteiger charge is -2.22. The topological polar surface area (TPSA) is 75.2 Å². The highest BCUT2D eigenvalue weighted by molar-refractivity contribution is 9.10. The van der Waals surface area contributed by atoms with E-state index in [9.17, 15) is 18.4 Å². The molecule has 1 N–H and O–H groups in total. The molecule has 1 aliphatic rings. The fourth-order valence-corrected chi connectivity index (χ4v) is 2.66. The highest BCUT2D eigenvalue weighted by atomic mass is 79.9. The molecule has 0 radical (unpaired) electrons. The molecule has 0 aliphatic heterocycles. The molecule has 9 heteroatoms. The molecule has 0 spiro atoms. The molecule has 2 aromatic rings. The third kappa shape index (κ3) is 6.33. The van der Waals surface area contributed by atoms with Crippen LogP contribution in [0.2, 0.25) is 0 Å². The maximum Gasteiger partial charge on any atom is 0.254 e. The summed E-state index contributed by atoms with van der Waals surface area (Å²) < 4.78 is 26.9. The fraction of sp³-hybridized carbons (Fsp3) is 0.368. The van der Waals surface area contributed by atoms with Crippen LogP contribution in [0.5, 0.6) is 0 Å². The minimum Gasteiger partial charge on any atom is -0.329 e. The van der Waals surface area contributed by atoms with Crippen LogP contribution in [-0.2, 0) is 4.79 Å². The molecule has 1 unspecified atom stereocenters. The van der Waals surface area contributed by atoms with E-state index in [0.29, 0.717) is 12.0 Å². The van der Waals surface area contributed by atoms with Gasteiger partial charge in [-0.1, -0.05) is 29.8 Å². The highest BCUT2D eigenvalue weighted by Gasteiger charge is 2.40. The molecule has 3 rings (SSSR count). The average Bonchev–Trinajstić information content (AvgIpc) is 3.39. The van der Waals surface area contributed by atoms with Crippen LogP contribution in [0.1, 0.15) is 30.6 Å². The number of carbonyl (C=O) groups excluding carboxylic acids is 2. The first kappa shape index (κ1) is 21.9. The Labute approximate surface area is 170 Å². The second-order valence-electron chi connectivity index (χ2n) is 5.98. The second kappa shape index (κ2) is 10.2. The van der Waals surface area contributed by atoms with E-state index in [2.05, 4.69) is 31.2 Å². The SMILES string of the molecule is CC.O=C(CN(CC1C[C@H]1F)C(=O)c1ccc(Br)cc1)Nc1ncc(F)cn1. The predicted octanol–water partition coefficient (Wildman–Crippen LogP) is 3.84. The number of hydrogen-bond acceptors (Lipinski definition) is 4. The molecule has 1 fully saturated rings. The smallest absolute Gasteiger partial charge is 0.254 e. The van der Waals surface area contributed by atoms with Gasteiger partial charge in [0.2, 0.25) is 11.9 Å². The average molecular weight is 455 g/mol. The van der Waals surface area contributed by atoms with Gasteiger partial charge in [0.25, 0.3) is 5.91 Å². The fourth-order valence-electron chi connectivity index (χ4n) is 2.39. The van der Waals surface area contributed by atoms with Crippen LogP contribution < -0.4 is 5.32 Å². The lowest BCUT2D eigenvalue weighted by Crippen LogP contribution is -2.39. The molecule has 150 valence electrons. The number of rotatable bonds is 6. The normalized spacial score (nSPS) is 17.2. The molecule has 1 aliphatic carbocycles. The molecule has 1 saturated carbocycles. The van der Waals surface area contributed by atoms with Gasteiger partial charge >= 0.3 is 0 Å². The number of aromatic nitrogens is 2. The van der Waals surface area contributed by atoms with Gasteiger partial charge in [-0.15, -0.1) is 0 Å². The van der Waals surface area contributed by atoms with Crippen molar-refractivity contribution >= 4 is 33.7 Å². The first-order valence-electron chi connectivity index (χ1n) is 8.88. The van der Waals surface area contributed by atoms with Crippen LogP contribution in [0, 0.1) is 11.7 Å². The number of carbonyl (C=O) groups is 2. The van der Waals surface area contributed by atoms with Crippen molar-refractivity contribution in [3.63, 3.8) is 0 Å². The lowest BCUT2D eigenvalue weighted by molar-refractivity contribution is -0.117. The predicted molar refractivity (Wildman–Crippen MR) is 105 cm³/mol. The Kier molecular flexibility index (Phi) is 7.98. The number of amides is 2. The van der Waals surface area contributed by atoms with E-state index in [1.165, 1.54) is 4.90 Å². The Morgan fingerprint density at radius 1 is 1.21 bits per heavy atom. The number of anilines is 1. The Hall–Kier alpha value is -2.42. The van der Waals surface area contributed by atoms with Crippen LogP contribution in [-0.4, -0.2) is 45.9 Å². The first-order chi connectivity index (χ1) is 13.4. The maximum atomic E-state index is 13.3. The maximum absolute atomic E-state index is 13.3. The quantitative estimate of drug-likeness (QED) is 0.719. The molecule has 2 atom stereocenters. The number of halogens is 3. The molecule has 0 bridgehead atoms. The van der Waals surface area contributed by atoms with Crippen LogP contribution in [0.4, 0.5) is 14.7 Å². The standard InChI is InChI=1S/C17H15BrF2N4O2.C2H6/c18-12-3-1-10(2-4-12)16(26)24(8-11-5-14(11)20)9-15(25)23-17-21-6-13(19)7-22-17;1-2/h1-4,6-7,11,14H,5,8-9H2,(H,21,22,23,25);1-2H3/t11?,14-;/m1./s1. The molecule has 6 nitrogen and oxygen atoms in total. The molecule has 1 aromatic heterocycles. The van der Waals surface area contributed by atoms with Crippen LogP contribution in [0.15, 0.2) is 41.1 Å². The van der Waals surface area contributed by atoms with Crippen molar-refractivity contribution < 1.29 is 18.4 Å². The van der Waals surface area contributed by atoms with Gasteiger partial charge in [-0.25, -0.2) is 18.7 Å². The lowest BCUT2D eigenvalue weighted by atomic mass is 10.2. The van der Waals surface area contributed by atoms with E-state index < -0.39 is 17.9 Å². The zero-order chi connectivity index (χ0) is 20.7. The third-order valence-corrected chi connectivity index (χ3v) is 4.40. The number of benzene rings is 1. The molecule has 0 saturated heterocycles. The highest BCUT2D eigenvalue weighted by Crippen LogP contribution is 2.34. The van der Waals surface area contributed by atoms with Gasteiger partial charge in [-0.2, -0.15) is 0 Å². The Morgan fingerprint density at radius 2 is 1.79 bits per heavy atom. The summed E-state index contributed by atoms with van der Waals surface area (Å²) in [7, 11) is 0. The number of hydrogen-bond donors (Lipinski definition) is 1. The van der Waals surface area contributed by atoms with Crippen molar-refractivity contribution in [2.24, 2.45) is 5.92 Å². The minimum absolute atomic E-state index is 0.0674. The number of alkyl halides is 1. The van der Waals surface area contributed by atoms with E-state index >= 15 is 0 Å². The summed E-state index contributed by atoms with van der Waals surface area (Å²) in [5, 5.41) is 2.40. The second-order valence-corrected chi connectivity index (χ2v) is 6.89. The number of nitrogens with zero attached hydrogens (tertiary/aromatic N) is 3. The van der Waals surface area contributed by atoms with E-state index in [1.807, 2.05) is 13.8 Å². The van der Waals surface area contributed by atoms with E-state index in [0.717, 1.165) is 16.9 Å². The van der Waals surface area contributed by atoms with Crippen molar-refractivity contribution in [2.45, 2.75) is 26.4 Å². The minimum atomic E-state index is -0.946. The van der Waals surface area contributed by atoms with Gasteiger partial charge in [0, 0.05) is 22.5 Å². The molecular weight excluding hydrogens is 434 g/mol. The molecule has 2 amide bonds. The zero-order valence-corrected chi connectivity index (χ0v) is 17.1. The van der Waals surface area contributed by atoms with E-state index in [-0.39, 0.29) is 30.9 Å². The molecule has 28 heavy (non-hydrogen) atoms. The monoisotopic (exact) mass is 454 g/mol. The molecular formula is C19H21BrF2N4O2. The van der Waals surface area contributed by atoms with Crippen molar-refractivity contribution in [1.82, 2.24) is 14.9 Å². The largest absolute Gasteiger partial charge is 0.329 e. The third-order valence-electron chi connectivity index (χ3n) is 3.88. The van der Waals surface area contributed by atoms with Crippen LogP contribution in [0.25, 0.3) is 0 Å². The Balaban J connectivity index is 0.00000136. The first-order valence-corrected chi connectivity index (χ1v) is 9.68. The summed E-state index contributed by atoms with van der Waals surface area (Å²) in [4.78, 5) is 33.5. The van der Waals surface area contributed by atoms with Gasteiger partial charge in [0.05, 0.1) is 12.4 Å². The van der Waals surface area contributed by atoms with E-state index in [1.54, 1.807) is 24.3 Å². The van der Waals surface area contributed by atoms with Gasteiger partial charge in [-0.05, 0) is 30.7 Å². The Bertz CT molecular complexity index is 803. The van der Waals surface area contributed by atoms with Crippen molar-refractivity contribution in [3.05, 3.63) is 52.5 Å². The van der Waals surface area contributed by atoms with Gasteiger partial charge in [0.15, 0.2) is 5.82 Å². The van der Waals surface area contributed by atoms with Crippen LogP contribution in [0.3, 0.4) is 0 Å². The van der Waals surface area contributed by atoms with Gasteiger partial charge < -0.3 is 4.90 Å². The molecule has 1 heterocycles. The zero-order valence-electron chi connectivity index (χ0n) is 15.5. The van der Waals surface area contributed by atoms with Crippen molar-refractivity contribution in [1.29, 1.82) is 0 Å². The summed E-state index contributed by atoms with van der Waals surface area (Å²) in [6, 6.07) is 6.68. The van der Waals surface area contributed by atoms with Gasteiger partial charge in [-0.3, -0.25) is 14.9 Å². The van der Waals surface area contributed by atoms with E-state index in [4.69, 9.17) is 0 Å². The number of nitrogens with one attached hydrogen (secondary N) is 1. The summed E-state index contributed by atoms with van der Waals surface area (Å²) >= 11 is 3.29. The summed E-state index contributed by atoms with van der Waals surface area (Å²) in [6.07, 6.45) is 1.28.